The Labute approximate surface area is 287 Å². The molecule has 1 aromatic heterocycles. The number of allylic oxidation sites excluding steroid dienone is 7. The number of hydrogen-bond donors (Lipinski definition) is 1. The van der Waals surface area contributed by atoms with Gasteiger partial charge in [-0.25, -0.2) is 15.0 Å². The van der Waals surface area contributed by atoms with E-state index in [1.165, 1.54) is 38.7 Å². The van der Waals surface area contributed by atoms with E-state index in [1.807, 2.05) is 24.3 Å². The first-order chi connectivity index (χ1) is 24.2. The first kappa shape index (κ1) is 29.3. The first-order valence-electron chi connectivity index (χ1n) is 17.2. The molecule has 2 heterocycles. The van der Waals surface area contributed by atoms with Crippen LogP contribution in [0.15, 0.2) is 157 Å². The number of rotatable bonds is 5. The summed E-state index contributed by atoms with van der Waals surface area (Å²) < 4.78 is 0. The molecular formula is C45H36N4. The molecule has 0 saturated carbocycles. The van der Waals surface area contributed by atoms with Crippen molar-refractivity contribution in [2.45, 2.75) is 25.8 Å². The molecule has 3 atom stereocenters. The fourth-order valence-electron chi connectivity index (χ4n) is 7.48. The van der Waals surface area contributed by atoms with E-state index in [-0.39, 0.29) is 12.0 Å². The lowest BCUT2D eigenvalue weighted by molar-refractivity contribution is 0.437. The second kappa shape index (κ2) is 12.3. The minimum Gasteiger partial charge on any atom is -0.380 e. The maximum Gasteiger partial charge on any atom is 0.164 e. The van der Waals surface area contributed by atoms with Crippen LogP contribution in [0.3, 0.4) is 0 Å². The molecule has 0 saturated heterocycles. The molecule has 3 unspecified atom stereocenters. The van der Waals surface area contributed by atoms with Crippen LogP contribution in [0.2, 0.25) is 0 Å². The van der Waals surface area contributed by atoms with Crippen molar-refractivity contribution in [3.8, 4) is 33.9 Å². The van der Waals surface area contributed by atoms with Crippen LogP contribution in [0.1, 0.15) is 42.8 Å². The number of hydrogen-bond acceptors (Lipinski definition) is 4. The summed E-state index contributed by atoms with van der Waals surface area (Å²) in [4.78, 5) is 15.2. The molecule has 0 bridgehead atoms. The summed E-state index contributed by atoms with van der Waals surface area (Å²) in [5.41, 5.74) is 10.7. The highest BCUT2D eigenvalue weighted by Gasteiger charge is 2.33. The molecule has 1 N–H and O–H groups in total. The van der Waals surface area contributed by atoms with Crippen LogP contribution in [-0.4, -0.2) is 15.0 Å². The van der Waals surface area contributed by atoms with E-state index in [4.69, 9.17) is 15.0 Å². The number of nitrogens with one attached hydrogen (secondary N) is 1. The molecule has 6 aromatic rings. The summed E-state index contributed by atoms with van der Waals surface area (Å²) in [6.45, 7) is 2.30. The van der Waals surface area contributed by atoms with Crippen LogP contribution in [0.4, 0.5) is 0 Å². The van der Waals surface area contributed by atoms with E-state index in [2.05, 4.69) is 140 Å². The van der Waals surface area contributed by atoms with Gasteiger partial charge in [-0.15, -0.1) is 0 Å². The lowest BCUT2D eigenvalue weighted by atomic mass is 9.77. The molecule has 0 amide bonds. The fourth-order valence-corrected chi connectivity index (χ4v) is 7.48. The zero-order valence-corrected chi connectivity index (χ0v) is 27.4. The highest BCUT2D eigenvalue weighted by molar-refractivity contribution is 5.92. The Bertz CT molecular complexity index is 2310. The predicted molar refractivity (Wildman–Crippen MR) is 201 cm³/mol. The molecule has 3 aliphatic rings. The van der Waals surface area contributed by atoms with Crippen molar-refractivity contribution in [2.75, 3.05) is 0 Å². The Kier molecular flexibility index (Phi) is 7.35. The summed E-state index contributed by atoms with van der Waals surface area (Å²) in [6.07, 6.45) is 13.5. The Morgan fingerprint density at radius 1 is 0.612 bits per heavy atom. The van der Waals surface area contributed by atoms with Crippen LogP contribution >= 0.6 is 0 Å². The summed E-state index contributed by atoms with van der Waals surface area (Å²) in [6, 6.07) is 42.8. The van der Waals surface area contributed by atoms with Crippen molar-refractivity contribution in [1.82, 2.24) is 20.3 Å². The van der Waals surface area contributed by atoms with Gasteiger partial charge in [0.1, 0.15) is 0 Å². The van der Waals surface area contributed by atoms with Crippen molar-refractivity contribution in [3.05, 3.63) is 174 Å². The molecule has 236 valence electrons. The highest BCUT2D eigenvalue weighted by atomic mass is 15.0. The minimum absolute atomic E-state index is 0.137. The molecule has 9 rings (SSSR count). The van der Waals surface area contributed by atoms with Crippen molar-refractivity contribution in [1.29, 1.82) is 0 Å². The summed E-state index contributed by atoms with van der Waals surface area (Å²) in [7, 11) is 0. The number of nitrogens with zero attached hydrogens (tertiary/aromatic N) is 3. The second-order valence-corrected chi connectivity index (χ2v) is 13.4. The first-order valence-corrected chi connectivity index (χ1v) is 17.2. The highest BCUT2D eigenvalue weighted by Crippen LogP contribution is 2.44. The zero-order valence-electron chi connectivity index (χ0n) is 27.4. The number of benzene rings is 5. The van der Waals surface area contributed by atoms with Gasteiger partial charge in [-0.3, -0.25) is 0 Å². The Balaban J connectivity index is 1.13. The van der Waals surface area contributed by atoms with Gasteiger partial charge in [-0.2, -0.15) is 0 Å². The van der Waals surface area contributed by atoms with Gasteiger partial charge >= 0.3 is 0 Å². The molecule has 49 heavy (non-hydrogen) atoms. The standard InChI is InChI=1S/C45H36N4/c1-29-19-24-38-39-27-34-15-8-9-16-35(34)28-40(39)42(46-41(38)25-29)36-17-10-18-37(26-36)45-48-43(32-13-6-3-7-14-32)47-44(49-45)33-22-20-31(21-23-33)30-11-4-2-5-12-30/h2-16,18-24,26-29,36,42,46H,17,25H2,1H3. The minimum atomic E-state index is 0.137. The average molecular weight is 633 g/mol. The van der Waals surface area contributed by atoms with Gasteiger partial charge in [0, 0.05) is 33.9 Å². The van der Waals surface area contributed by atoms with Gasteiger partial charge in [0.05, 0.1) is 6.04 Å². The van der Waals surface area contributed by atoms with Crippen LogP contribution in [0, 0.1) is 11.8 Å². The van der Waals surface area contributed by atoms with Crippen LogP contribution in [0.5, 0.6) is 0 Å². The van der Waals surface area contributed by atoms with Crippen molar-refractivity contribution in [2.24, 2.45) is 11.8 Å². The summed E-state index contributed by atoms with van der Waals surface area (Å²) >= 11 is 0. The van der Waals surface area contributed by atoms with E-state index in [0.717, 1.165) is 35.1 Å². The largest absolute Gasteiger partial charge is 0.380 e. The van der Waals surface area contributed by atoms with Gasteiger partial charge in [0.2, 0.25) is 0 Å². The summed E-state index contributed by atoms with van der Waals surface area (Å²) in [5.74, 6) is 2.77. The molecule has 0 fully saturated rings. The van der Waals surface area contributed by atoms with Crippen LogP contribution < -0.4 is 5.32 Å². The Morgan fingerprint density at radius 3 is 1.94 bits per heavy atom. The van der Waals surface area contributed by atoms with Crippen LogP contribution in [0.25, 0.3) is 55.8 Å². The molecular weight excluding hydrogens is 597 g/mol. The van der Waals surface area contributed by atoms with Gasteiger partial charge in [0.25, 0.3) is 0 Å². The van der Waals surface area contributed by atoms with E-state index >= 15 is 0 Å². The van der Waals surface area contributed by atoms with Crippen LogP contribution in [-0.2, 0) is 0 Å². The lowest BCUT2D eigenvalue weighted by Crippen LogP contribution is -2.33. The number of fused-ring (bicyclic) bond motifs is 3. The van der Waals surface area contributed by atoms with Crippen molar-refractivity contribution >= 4 is 21.9 Å². The van der Waals surface area contributed by atoms with Gasteiger partial charge in [-0.05, 0) is 63.9 Å². The zero-order chi connectivity index (χ0) is 32.7. The Hall–Kier alpha value is -5.87. The lowest BCUT2D eigenvalue weighted by Gasteiger charge is -2.38. The maximum absolute atomic E-state index is 5.11. The molecule has 0 spiro atoms. The van der Waals surface area contributed by atoms with E-state index in [1.54, 1.807) is 0 Å². The quantitative estimate of drug-likeness (QED) is 0.205. The SMILES string of the molecule is CC1C=CC2=C(C1)NC(C1C=C(c3nc(-c4ccccc4)nc(-c4ccc(-c5ccccc5)cc4)n3)C=CC1)c1cc3ccccc3cc12. The third-order valence-corrected chi connectivity index (χ3v) is 10.0. The van der Waals surface area contributed by atoms with E-state index in [9.17, 15) is 0 Å². The maximum atomic E-state index is 5.11. The van der Waals surface area contributed by atoms with E-state index < -0.39 is 0 Å². The smallest absolute Gasteiger partial charge is 0.164 e. The van der Waals surface area contributed by atoms with Crippen molar-refractivity contribution < 1.29 is 0 Å². The molecule has 4 nitrogen and oxygen atoms in total. The molecule has 1 aliphatic heterocycles. The van der Waals surface area contributed by atoms with Crippen molar-refractivity contribution in [3.63, 3.8) is 0 Å². The molecule has 5 aromatic carbocycles. The third-order valence-electron chi connectivity index (χ3n) is 10.0. The van der Waals surface area contributed by atoms with Gasteiger partial charge < -0.3 is 5.32 Å². The topological polar surface area (TPSA) is 50.7 Å². The predicted octanol–water partition coefficient (Wildman–Crippen LogP) is 10.6. The number of aromatic nitrogens is 3. The molecule has 2 aliphatic carbocycles. The fraction of sp³-hybridized carbons (Fsp3) is 0.133. The van der Waals surface area contributed by atoms with Gasteiger partial charge in [-0.1, -0.05) is 146 Å². The second-order valence-electron chi connectivity index (χ2n) is 13.4. The average Bonchev–Trinajstić information content (AvgIpc) is 3.17. The molecule has 0 radical (unpaired) electrons. The normalized spacial score (nSPS) is 19.6. The summed E-state index contributed by atoms with van der Waals surface area (Å²) in [5, 5.41) is 6.59. The third kappa shape index (κ3) is 5.59. The monoisotopic (exact) mass is 632 g/mol. The van der Waals surface area contributed by atoms with Gasteiger partial charge in [0.15, 0.2) is 17.5 Å². The van der Waals surface area contributed by atoms with E-state index in [0.29, 0.717) is 23.4 Å². The Morgan fingerprint density at radius 2 is 1.20 bits per heavy atom. The molecule has 4 heteroatoms.